The molecule has 0 fully saturated rings. The van der Waals surface area contributed by atoms with Gasteiger partial charge in [0.25, 0.3) is 5.56 Å². The van der Waals surface area contributed by atoms with Crippen molar-refractivity contribution in [2.75, 3.05) is 6.61 Å². The summed E-state index contributed by atoms with van der Waals surface area (Å²) in [4.78, 5) is 12.3. The van der Waals surface area contributed by atoms with Gasteiger partial charge in [-0.05, 0) is 38.8 Å². The number of ether oxygens (including phenoxy) is 2. The lowest BCUT2D eigenvalue weighted by Crippen LogP contribution is -2.36. The zero-order valence-corrected chi connectivity index (χ0v) is 15.3. The van der Waals surface area contributed by atoms with Crippen LogP contribution >= 0.6 is 11.6 Å². The maximum absolute atomic E-state index is 12.3. The van der Waals surface area contributed by atoms with Gasteiger partial charge in [-0.25, -0.2) is 4.68 Å². The van der Waals surface area contributed by atoms with Crippen LogP contribution in [0.4, 0.5) is 0 Å². The molecule has 0 N–H and O–H groups in total. The highest BCUT2D eigenvalue weighted by Crippen LogP contribution is 2.21. The second-order valence-corrected chi connectivity index (χ2v) is 6.83. The number of rotatable bonds is 6. The lowest BCUT2D eigenvalue weighted by Gasteiger charge is -2.21. The first-order chi connectivity index (χ1) is 11.3. The first kappa shape index (κ1) is 18.5. The minimum atomic E-state index is -0.435. The average molecular weight is 351 g/mol. The Morgan fingerprint density at radius 2 is 1.71 bits per heavy atom. The molecule has 130 valence electrons. The Balaban J connectivity index is 2.07. The molecule has 0 aliphatic heterocycles. The molecule has 6 heteroatoms. The van der Waals surface area contributed by atoms with Crippen molar-refractivity contribution in [3.63, 3.8) is 0 Å². The summed E-state index contributed by atoms with van der Waals surface area (Å²) in [6.45, 7) is 9.24. The van der Waals surface area contributed by atoms with E-state index in [1.165, 1.54) is 10.9 Å². The van der Waals surface area contributed by atoms with E-state index >= 15 is 0 Å². The van der Waals surface area contributed by atoms with Crippen LogP contribution in [0.5, 0.6) is 5.75 Å². The Bertz CT molecular complexity index is 733. The van der Waals surface area contributed by atoms with Gasteiger partial charge < -0.3 is 9.47 Å². The van der Waals surface area contributed by atoms with Crippen molar-refractivity contribution >= 4 is 11.6 Å². The maximum atomic E-state index is 12.3. The van der Waals surface area contributed by atoms with Gasteiger partial charge in [-0.15, -0.1) is 0 Å². The van der Waals surface area contributed by atoms with Gasteiger partial charge in [0.1, 0.15) is 6.61 Å². The van der Waals surface area contributed by atoms with Crippen molar-refractivity contribution in [2.24, 2.45) is 0 Å². The van der Waals surface area contributed by atoms with E-state index in [2.05, 4.69) is 5.10 Å². The van der Waals surface area contributed by atoms with Crippen molar-refractivity contribution in [1.82, 2.24) is 9.78 Å². The zero-order chi connectivity index (χ0) is 17.7. The van der Waals surface area contributed by atoms with Gasteiger partial charge in [-0.2, -0.15) is 5.10 Å². The van der Waals surface area contributed by atoms with Crippen LogP contribution in [-0.4, -0.2) is 16.4 Å². The Kier molecular flexibility index (Phi) is 6.02. The summed E-state index contributed by atoms with van der Waals surface area (Å²) in [7, 11) is 0. The van der Waals surface area contributed by atoms with Crippen molar-refractivity contribution in [2.45, 2.75) is 46.4 Å². The van der Waals surface area contributed by atoms with E-state index in [1.807, 2.05) is 52.0 Å². The van der Waals surface area contributed by atoms with Crippen LogP contribution < -0.4 is 10.3 Å². The Morgan fingerprint density at radius 1 is 1.12 bits per heavy atom. The molecular weight excluding hydrogens is 328 g/mol. The second-order valence-electron chi connectivity index (χ2n) is 6.45. The predicted octanol–water partition coefficient (Wildman–Crippen LogP) is 3.77. The lowest BCUT2D eigenvalue weighted by atomic mass is 10.1. The standard InChI is InChI=1S/C18H23ClN2O3/c1-5-23-11-13-6-8-14(9-7-13)12-24-15-10-20-21(18(2,3)4)17(22)16(15)19/h6-10H,5,11-12H2,1-4H3. The van der Waals surface area contributed by atoms with Crippen LogP contribution in [0.15, 0.2) is 35.3 Å². The molecule has 0 aliphatic carbocycles. The molecule has 0 unspecified atom stereocenters. The number of aromatic nitrogens is 2. The molecule has 1 aromatic carbocycles. The molecule has 24 heavy (non-hydrogen) atoms. The quantitative estimate of drug-likeness (QED) is 0.795. The third kappa shape index (κ3) is 4.58. The number of hydrogen-bond donors (Lipinski definition) is 0. The van der Waals surface area contributed by atoms with Gasteiger partial charge in [0.15, 0.2) is 10.8 Å². The Hall–Kier alpha value is -1.85. The molecule has 5 nitrogen and oxygen atoms in total. The van der Waals surface area contributed by atoms with Crippen molar-refractivity contribution in [1.29, 1.82) is 0 Å². The Labute approximate surface area is 147 Å². The van der Waals surface area contributed by atoms with Gasteiger partial charge in [0.05, 0.1) is 18.3 Å². The molecule has 0 saturated heterocycles. The van der Waals surface area contributed by atoms with Crippen molar-refractivity contribution < 1.29 is 9.47 Å². The molecule has 2 aromatic rings. The molecule has 1 aromatic heterocycles. The van der Waals surface area contributed by atoms with E-state index in [4.69, 9.17) is 21.1 Å². The third-order valence-electron chi connectivity index (χ3n) is 3.41. The van der Waals surface area contributed by atoms with E-state index in [-0.39, 0.29) is 10.6 Å². The first-order valence-corrected chi connectivity index (χ1v) is 8.27. The van der Waals surface area contributed by atoms with Crippen LogP contribution in [0.1, 0.15) is 38.8 Å². The number of benzene rings is 1. The summed E-state index contributed by atoms with van der Waals surface area (Å²) < 4.78 is 12.4. The van der Waals surface area contributed by atoms with Crippen molar-refractivity contribution in [3.8, 4) is 5.75 Å². The molecule has 0 aliphatic rings. The fourth-order valence-corrected chi connectivity index (χ4v) is 2.29. The predicted molar refractivity (Wildman–Crippen MR) is 94.6 cm³/mol. The van der Waals surface area contributed by atoms with E-state index in [0.717, 1.165) is 11.1 Å². The summed E-state index contributed by atoms with van der Waals surface area (Å²) in [5, 5.41) is 4.20. The topological polar surface area (TPSA) is 53.4 Å². The molecule has 0 radical (unpaired) electrons. The molecule has 0 saturated carbocycles. The molecule has 1 heterocycles. The van der Waals surface area contributed by atoms with E-state index in [1.54, 1.807) is 0 Å². The normalized spacial score (nSPS) is 11.5. The van der Waals surface area contributed by atoms with Gasteiger partial charge in [-0.1, -0.05) is 35.9 Å². The number of nitrogens with zero attached hydrogens (tertiary/aromatic N) is 2. The molecular formula is C18H23ClN2O3. The highest BCUT2D eigenvalue weighted by Gasteiger charge is 2.19. The van der Waals surface area contributed by atoms with E-state index in [9.17, 15) is 4.79 Å². The highest BCUT2D eigenvalue weighted by molar-refractivity contribution is 6.31. The minimum Gasteiger partial charge on any atom is -0.485 e. The molecule has 2 rings (SSSR count). The monoisotopic (exact) mass is 350 g/mol. The summed E-state index contributed by atoms with van der Waals surface area (Å²) in [5.74, 6) is 0.292. The van der Waals surface area contributed by atoms with Crippen LogP contribution in [0, 0.1) is 0 Å². The largest absolute Gasteiger partial charge is 0.485 e. The number of hydrogen-bond acceptors (Lipinski definition) is 4. The smallest absolute Gasteiger partial charge is 0.289 e. The Morgan fingerprint density at radius 3 is 2.25 bits per heavy atom. The molecule has 0 spiro atoms. The molecule has 0 atom stereocenters. The third-order valence-corrected chi connectivity index (χ3v) is 3.76. The van der Waals surface area contributed by atoms with Crippen LogP contribution in [0.3, 0.4) is 0 Å². The van der Waals surface area contributed by atoms with Gasteiger partial charge in [0.2, 0.25) is 0 Å². The van der Waals surface area contributed by atoms with Crippen LogP contribution in [0.2, 0.25) is 5.02 Å². The van der Waals surface area contributed by atoms with Gasteiger partial charge >= 0.3 is 0 Å². The fourth-order valence-electron chi connectivity index (χ4n) is 2.11. The van der Waals surface area contributed by atoms with E-state index in [0.29, 0.717) is 25.6 Å². The van der Waals surface area contributed by atoms with Gasteiger partial charge in [0, 0.05) is 6.61 Å². The minimum absolute atomic E-state index is 0.0490. The SMILES string of the molecule is CCOCc1ccc(COc2cnn(C(C)(C)C)c(=O)c2Cl)cc1. The zero-order valence-electron chi connectivity index (χ0n) is 14.5. The van der Waals surface area contributed by atoms with Gasteiger partial charge in [-0.3, -0.25) is 4.79 Å². The average Bonchev–Trinajstić information content (AvgIpc) is 2.54. The lowest BCUT2D eigenvalue weighted by molar-refractivity contribution is 0.134. The fraction of sp³-hybridized carbons (Fsp3) is 0.444. The van der Waals surface area contributed by atoms with Crippen LogP contribution in [0.25, 0.3) is 0 Å². The van der Waals surface area contributed by atoms with Crippen molar-refractivity contribution in [3.05, 3.63) is 57.0 Å². The second kappa shape index (κ2) is 7.81. The molecule has 0 amide bonds. The molecule has 0 bridgehead atoms. The summed E-state index contributed by atoms with van der Waals surface area (Å²) in [5.41, 5.74) is 1.29. The number of halogens is 1. The first-order valence-electron chi connectivity index (χ1n) is 7.89. The summed E-state index contributed by atoms with van der Waals surface area (Å²) in [6.07, 6.45) is 1.48. The van der Waals surface area contributed by atoms with E-state index < -0.39 is 5.54 Å². The van der Waals surface area contributed by atoms with Crippen LogP contribution in [-0.2, 0) is 23.5 Å². The summed E-state index contributed by atoms with van der Waals surface area (Å²) in [6, 6.07) is 7.91. The summed E-state index contributed by atoms with van der Waals surface area (Å²) >= 11 is 6.14. The maximum Gasteiger partial charge on any atom is 0.289 e. The highest BCUT2D eigenvalue weighted by atomic mass is 35.5.